The Labute approximate surface area is 161 Å². The molecule has 152 valence electrons. The molecule has 1 aliphatic carbocycles. The number of nitrogens with one attached hydrogen (secondary N) is 1. The second kappa shape index (κ2) is 8.34. The van der Waals surface area contributed by atoms with Gasteiger partial charge in [-0.05, 0) is 30.2 Å². The number of hydrogen-bond acceptors (Lipinski definition) is 2. The molecule has 2 aliphatic rings. The molecule has 3 unspecified atom stereocenters. The van der Waals surface area contributed by atoms with Crippen LogP contribution in [0.4, 0.5) is 22.4 Å². The Morgan fingerprint density at radius 2 is 2.00 bits per heavy atom. The SMILES string of the molecule is CN(C(=O)NC1=CC(C(F)(F)F)C(F)C=C1)C1CCN(Cc2ccccc2)C1. The quantitative estimate of drug-likeness (QED) is 0.783. The third-order valence-corrected chi connectivity index (χ3v) is 5.16. The van der Waals surface area contributed by atoms with Gasteiger partial charge in [0.1, 0.15) is 12.1 Å². The Hall–Kier alpha value is -2.35. The molecular weight excluding hydrogens is 374 g/mol. The fraction of sp³-hybridized carbons (Fsp3) is 0.450. The van der Waals surface area contributed by atoms with Crippen LogP contribution in [0.2, 0.25) is 0 Å². The van der Waals surface area contributed by atoms with Crippen LogP contribution in [-0.4, -0.2) is 54.4 Å². The van der Waals surface area contributed by atoms with E-state index in [2.05, 4.69) is 10.2 Å². The van der Waals surface area contributed by atoms with E-state index in [1.165, 1.54) is 16.5 Å². The van der Waals surface area contributed by atoms with Crippen LogP contribution in [0.1, 0.15) is 12.0 Å². The number of nitrogens with zero attached hydrogens (tertiary/aromatic N) is 2. The number of urea groups is 1. The van der Waals surface area contributed by atoms with Crippen molar-refractivity contribution in [2.75, 3.05) is 20.1 Å². The fourth-order valence-electron chi connectivity index (χ4n) is 3.51. The normalized spacial score (nSPS) is 25.5. The molecule has 1 aliphatic heterocycles. The Morgan fingerprint density at radius 3 is 2.68 bits per heavy atom. The lowest BCUT2D eigenvalue weighted by atomic mass is 9.96. The molecule has 1 fully saturated rings. The molecule has 1 aromatic rings. The number of likely N-dealkylation sites (N-methyl/N-ethyl adjacent to an activating group) is 1. The number of likely N-dealkylation sites (tertiary alicyclic amines) is 1. The largest absolute Gasteiger partial charge is 0.398 e. The van der Waals surface area contributed by atoms with E-state index in [0.29, 0.717) is 6.54 Å². The monoisotopic (exact) mass is 397 g/mol. The van der Waals surface area contributed by atoms with Gasteiger partial charge in [0.15, 0.2) is 0 Å². The van der Waals surface area contributed by atoms with E-state index in [0.717, 1.165) is 31.7 Å². The molecule has 3 atom stereocenters. The van der Waals surface area contributed by atoms with Gasteiger partial charge in [0.2, 0.25) is 0 Å². The molecule has 1 N–H and O–H groups in total. The standard InChI is InChI=1S/C20H23F4N3O/c1-26(16-9-10-27(13-16)12-14-5-3-2-4-6-14)19(28)25-15-7-8-18(21)17(11-15)20(22,23)24/h2-8,11,16-18H,9-10,12-13H2,1H3,(H,25,28). The molecule has 2 amide bonds. The van der Waals surface area contributed by atoms with E-state index in [-0.39, 0.29) is 11.7 Å². The van der Waals surface area contributed by atoms with Crippen LogP contribution in [0.25, 0.3) is 0 Å². The van der Waals surface area contributed by atoms with Gasteiger partial charge in [-0.1, -0.05) is 30.3 Å². The summed E-state index contributed by atoms with van der Waals surface area (Å²) in [5.41, 5.74) is 1.15. The molecule has 0 saturated carbocycles. The van der Waals surface area contributed by atoms with Crippen LogP contribution in [0.15, 0.2) is 54.3 Å². The first-order valence-electron chi connectivity index (χ1n) is 9.15. The molecule has 1 aromatic carbocycles. The molecule has 1 saturated heterocycles. The number of hydrogen-bond donors (Lipinski definition) is 1. The number of carbonyl (C=O) groups excluding carboxylic acids is 1. The zero-order chi connectivity index (χ0) is 20.3. The number of alkyl halides is 4. The molecule has 8 heteroatoms. The summed E-state index contributed by atoms with van der Waals surface area (Å²) in [6.45, 7) is 2.30. The van der Waals surface area contributed by atoms with Crippen LogP contribution in [-0.2, 0) is 6.54 Å². The molecule has 1 heterocycles. The lowest BCUT2D eigenvalue weighted by Crippen LogP contribution is -2.45. The minimum Gasteiger partial charge on any atom is -0.323 e. The van der Waals surface area contributed by atoms with Gasteiger partial charge in [0, 0.05) is 38.4 Å². The van der Waals surface area contributed by atoms with Gasteiger partial charge in [-0.2, -0.15) is 13.2 Å². The van der Waals surface area contributed by atoms with E-state index >= 15 is 0 Å². The molecule has 0 bridgehead atoms. The van der Waals surface area contributed by atoms with Crippen molar-refractivity contribution in [1.82, 2.24) is 15.1 Å². The highest BCUT2D eigenvalue weighted by molar-refractivity contribution is 5.77. The molecular formula is C20H23F4N3O. The second-order valence-electron chi connectivity index (χ2n) is 7.20. The first kappa shape index (κ1) is 20.4. The van der Waals surface area contributed by atoms with Crippen molar-refractivity contribution in [2.45, 2.75) is 31.4 Å². The minimum absolute atomic E-state index is 0.0350. The van der Waals surface area contributed by atoms with Gasteiger partial charge in [-0.15, -0.1) is 0 Å². The Kier molecular flexibility index (Phi) is 6.07. The first-order valence-corrected chi connectivity index (χ1v) is 9.15. The van der Waals surface area contributed by atoms with Gasteiger partial charge in [-0.25, -0.2) is 9.18 Å². The average molecular weight is 397 g/mol. The molecule has 0 radical (unpaired) electrons. The van der Waals surface area contributed by atoms with Crippen molar-refractivity contribution in [3.8, 4) is 0 Å². The van der Waals surface area contributed by atoms with Gasteiger partial charge in [-0.3, -0.25) is 4.90 Å². The number of amides is 2. The summed E-state index contributed by atoms with van der Waals surface area (Å²) in [6.07, 6.45) is -3.33. The van der Waals surface area contributed by atoms with Gasteiger partial charge < -0.3 is 10.2 Å². The molecule has 0 aromatic heterocycles. The minimum atomic E-state index is -4.70. The molecule has 3 rings (SSSR count). The highest BCUT2D eigenvalue weighted by Gasteiger charge is 2.44. The third kappa shape index (κ3) is 4.92. The predicted octanol–water partition coefficient (Wildman–Crippen LogP) is 3.87. The van der Waals surface area contributed by atoms with Crippen molar-refractivity contribution in [3.63, 3.8) is 0 Å². The Morgan fingerprint density at radius 1 is 1.29 bits per heavy atom. The zero-order valence-electron chi connectivity index (χ0n) is 15.5. The summed E-state index contributed by atoms with van der Waals surface area (Å²) in [5.74, 6) is -2.24. The van der Waals surface area contributed by atoms with Crippen LogP contribution in [0.5, 0.6) is 0 Å². The maximum absolute atomic E-state index is 13.5. The van der Waals surface area contributed by atoms with Gasteiger partial charge >= 0.3 is 12.2 Å². The summed E-state index contributed by atoms with van der Waals surface area (Å²) >= 11 is 0. The van der Waals surface area contributed by atoms with Crippen LogP contribution >= 0.6 is 0 Å². The predicted molar refractivity (Wildman–Crippen MR) is 98.1 cm³/mol. The highest BCUT2D eigenvalue weighted by atomic mass is 19.4. The van der Waals surface area contributed by atoms with Crippen LogP contribution in [0, 0.1) is 5.92 Å². The summed E-state index contributed by atoms with van der Waals surface area (Å²) in [6, 6.07) is 9.46. The Bertz CT molecular complexity index is 748. The first-order chi connectivity index (χ1) is 13.2. The number of carbonyl (C=O) groups is 1. The Balaban J connectivity index is 1.55. The van der Waals surface area contributed by atoms with Crippen LogP contribution in [0.3, 0.4) is 0 Å². The summed E-state index contributed by atoms with van der Waals surface area (Å²) in [7, 11) is 1.62. The highest BCUT2D eigenvalue weighted by Crippen LogP contribution is 2.34. The summed E-state index contributed by atoms with van der Waals surface area (Å²) < 4.78 is 52.1. The lowest BCUT2D eigenvalue weighted by molar-refractivity contribution is -0.172. The maximum Gasteiger partial charge on any atom is 0.398 e. The summed E-state index contributed by atoms with van der Waals surface area (Å²) in [4.78, 5) is 16.2. The molecule has 4 nitrogen and oxygen atoms in total. The second-order valence-corrected chi connectivity index (χ2v) is 7.20. The topological polar surface area (TPSA) is 35.6 Å². The average Bonchev–Trinajstić information content (AvgIpc) is 3.11. The van der Waals surface area contributed by atoms with Gasteiger partial charge in [0.25, 0.3) is 0 Å². The van der Waals surface area contributed by atoms with E-state index in [4.69, 9.17) is 0 Å². The number of allylic oxidation sites excluding steroid dienone is 3. The lowest BCUT2D eigenvalue weighted by Gasteiger charge is -2.27. The molecule has 28 heavy (non-hydrogen) atoms. The maximum atomic E-state index is 13.5. The van der Waals surface area contributed by atoms with E-state index in [1.807, 2.05) is 30.3 Å². The fourth-order valence-corrected chi connectivity index (χ4v) is 3.51. The van der Waals surface area contributed by atoms with Crippen molar-refractivity contribution < 1.29 is 22.4 Å². The number of rotatable bonds is 4. The molecule has 0 spiro atoms. The van der Waals surface area contributed by atoms with Crippen molar-refractivity contribution >= 4 is 6.03 Å². The van der Waals surface area contributed by atoms with Crippen molar-refractivity contribution in [1.29, 1.82) is 0 Å². The number of halogens is 4. The van der Waals surface area contributed by atoms with Crippen molar-refractivity contribution in [2.24, 2.45) is 5.92 Å². The van der Waals surface area contributed by atoms with E-state index < -0.39 is 24.3 Å². The van der Waals surface area contributed by atoms with Crippen molar-refractivity contribution in [3.05, 3.63) is 59.8 Å². The number of benzene rings is 1. The van der Waals surface area contributed by atoms with Gasteiger partial charge in [0.05, 0.1) is 0 Å². The van der Waals surface area contributed by atoms with E-state index in [9.17, 15) is 22.4 Å². The van der Waals surface area contributed by atoms with Crippen LogP contribution < -0.4 is 5.32 Å². The zero-order valence-corrected chi connectivity index (χ0v) is 15.5. The summed E-state index contributed by atoms with van der Waals surface area (Å²) in [5, 5.41) is 2.46. The smallest absolute Gasteiger partial charge is 0.323 e. The van der Waals surface area contributed by atoms with E-state index in [1.54, 1.807) is 7.05 Å². The third-order valence-electron chi connectivity index (χ3n) is 5.16.